The second-order valence-electron chi connectivity index (χ2n) is 2.56. The first-order chi connectivity index (χ1) is 6.73. The molecule has 0 aromatic heterocycles. The van der Waals surface area contributed by atoms with Crippen LogP contribution in [-0.4, -0.2) is 14.3 Å². The number of hydrogen-bond acceptors (Lipinski definition) is 3. The fourth-order valence-corrected chi connectivity index (χ4v) is 3.49. The number of carbonyl (C=O) groups excluding carboxylic acids is 1. The molecule has 1 rings (SSSR count). The second kappa shape index (κ2) is 4.29. The summed E-state index contributed by atoms with van der Waals surface area (Å²) >= 11 is 8.64. The molecule has 1 amide bonds. The minimum atomic E-state index is -3.95. The van der Waals surface area contributed by atoms with Gasteiger partial charge in [0.05, 0.1) is 15.5 Å². The van der Waals surface area contributed by atoms with Crippen molar-refractivity contribution in [3.63, 3.8) is 0 Å². The second-order valence-corrected chi connectivity index (χ2v) is 6.36. The molecule has 8 heteroatoms. The molecule has 1 aromatic carbocycles. The van der Waals surface area contributed by atoms with Gasteiger partial charge in [0.15, 0.2) is 0 Å². The average Bonchev–Trinajstić information content (AvgIpc) is 2.00. The molecule has 82 valence electrons. The average molecular weight is 333 g/mol. The van der Waals surface area contributed by atoms with Crippen LogP contribution in [0, 0.1) is 0 Å². The Morgan fingerprint density at radius 3 is 2.33 bits per heavy atom. The van der Waals surface area contributed by atoms with Gasteiger partial charge in [-0.25, -0.2) is 8.42 Å². The highest BCUT2D eigenvalue weighted by Crippen LogP contribution is 2.30. The van der Waals surface area contributed by atoms with Crippen LogP contribution in [0.1, 0.15) is 10.4 Å². The van der Waals surface area contributed by atoms with Crippen molar-refractivity contribution in [2.45, 2.75) is 4.90 Å². The molecule has 0 fully saturated rings. The molecule has 0 heterocycles. The van der Waals surface area contributed by atoms with Gasteiger partial charge in [-0.1, -0.05) is 11.6 Å². The third kappa shape index (κ3) is 2.84. The van der Waals surface area contributed by atoms with Gasteiger partial charge in [-0.3, -0.25) is 4.79 Å². The summed E-state index contributed by atoms with van der Waals surface area (Å²) in [7, 11) is 1.19. The van der Waals surface area contributed by atoms with Crippen LogP contribution in [0.25, 0.3) is 0 Å². The number of halogens is 3. The first-order valence-corrected chi connectivity index (χ1v) is 6.95. The summed E-state index contributed by atoms with van der Waals surface area (Å²) in [5.41, 5.74) is 4.90. The standard InChI is InChI=1S/C7H4BrCl2NO3S/c8-4-2-5(9)3(7(11)12)1-6(4)15(10,13)14/h1-2H,(H2,11,12). The molecule has 0 aliphatic carbocycles. The Morgan fingerprint density at radius 1 is 1.40 bits per heavy atom. The normalized spacial score (nSPS) is 11.4. The van der Waals surface area contributed by atoms with E-state index in [9.17, 15) is 13.2 Å². The molecule has 1 aromatic rings. The lowest BCUT2D eigenvalue weighted by Gasteiger charge is -2.04. The maximum Gasteiger partial charge on any atom is 0.262 e. The van der Waals surface area contributed by atoms with Crippen molar-refractivity contribution >= 4 is 53.2 Å². The number of hydrogen-bond donors (Lipinski definition) is 1. The molecule has 0 aliphatic heterocycles. The first kappa shape index (κ1) is 12.8. The summed E-state index contributed by atoms with van der Waals surface area (Å²) < 4.78 is 22.3. The number of carbonyl (C=O) groups is 1. The van der Waals surface area contributed by atoms with E-state index in [2.05, 4.69) is 15.9 Å². The van der Waals surface area contributed by atoms with E-state index in [1.807, 2.05) is 0 Å². The van der Waals surface area contributed by atoms with E-state index in [1.54, 1.807) is 0 Å². The summed E-state index contributed by atoms with van der Waals surface area (Å²) in [6, 6.07) is 2.27. The third-order valence-electron chi connectivity index (χ3n) is 1.55. The highest BCUT2D eigenvalue weighted by Gasteiger charge is 2.19. The van der Waals surface area contributed by atoms with Crippen molar-refractivity contribution in [1.29, 1.82) is 0 Å². The van der Waals surface area contributed by atoms with Crippen LogP contribution in [0.2, 0.25) is 5.02 Å². The van der Waals surface area contributed by atoms with Gasteiger partial charge < -0.3 is 5.73 Å². The van der Waals surface area contributed by atoms with Crippen LogP contribution in [0.15, 0.2) is 21.5 Å². The van der Waals surface area contributed by atoms with E-state index in [-0.39, 0.29) is 20.0 Å². The number of primary amides is 1. The summed E-state index contributed by atoms with van der Waals surface area (Å²) in [5, 5.41) is 0.0541. The number of rotatable bonds is 2. The van der Waals surface area contributed by atoms with Crippen molar-refractivity contribution in [2.24, 2.45) is 5.73 Å². The van der Waals surface area contributed by atoms with E-state index in [4.69, 9.17) is 28.0 Å². The zero-order valence-corrected chi connectivity index (χ0v) is 10.9. The van der Waals surface area contributed by atoms with Crippen molar-refractivity contribution in [1.82, 2.24) is 0 Å². The van der Waals surface area contributed by atoms with Crippen molar-refractivity contribution in [3.8, 4) is 0 Å². The monoisotopic (exact) mass is 331 g/mol. The van der Waals surface area contributed by atoms with Gasteiger partial charge in [0.25, 0.3) is 9.05 Å². The summed E-state index contributed by atoms with van der Waals surface area (Å²) in [6.45, 7) is 0. The molecule has 0 spiro atoms. The van der Waals surface area contributed by atoms with E-state index >= 15 is 0 Å². The number of amides is 1. The minimum absolute atomic E-state index is 0.0541. The fraction of sp³-hybridized carbons (Fsp3) is 0. The quantitative estimate of drug-likeness (QED) is 0.843. The topological polar surface area (TPSA) is 77.2 Å². The summed E-state index contributed by atoms with van der Waals surface area (Å²) in [5.74, 6) is -0.825. The summed E-state index contributed by atoms with van der Waals surface area (Å²) in [4.78, 5) is 10.6. The van der Waals surface area contributed by atoms with Gasteiger partial charge in [0, 0.05) is 15.2 Å². The van der Waals surface area contributed by atoms with Crippen molar-refractivity contribution in [2.75, 3.05) is 0 Å². The Kier molecular flexibility index (Phi) is 3.65. The van der Waals surface area contributed by atoms with E-state index in [1.165, 1.54) is 6.07 Å². The molecule has 2 N–H and O–H groups in total. The van der Waals surface area contributed by atoms with E-state index < -0.39 is 15.0 Å². The molecule has 0 atom stereocenters. The van der Waals surface area contributed by atoms with Crippen molar-refractivity contribution < 1.29 is 13.2 Å². The maximum absolute atomic E-state index is 11.1. The molecule has 0 radical (unpaired) electrons. The number of nitrogens with two attached hydrogens (primary N) is 1. The highest BCUT2D eigenvalue weighted by atomic mass is 79.9. The summed E-state index contributed by atoms with van der Waals surface area (Å²) in [6.07, 6.45) is 0. The molecule has 0 bridgehead atoms. The Balaban J connectivity index is 3.58. The van der Waals surface area contributed by atoms with Crippen molar-refractivity contribution in [3.05, 3.63) is 27.2 Å². The molecule has 15 heavy (non-hydrogen) atoms. The SMILES string of the molecule is NC(=O)c1cc(S(=O)(=O)Cl)c(Br)cc1Cl. The molecule has 0 saturated heterocycles. The Labute approximate surface area is 104 Å². The van der Waals surface area contributed by atoms with Gasteiger partial charge in [0.1, 0.15) is 0 Å². The Bertz CT molecular complexity index is 529. The van der Waals surface area contributed by atoms with Gasteiger partial charge in [-0.05, 0) is 28.1 Å². The Hall–Kier alpha value is -0.300. The largest absolute Gasteiger partial charge is 0.366 e. The number of benzene rings is 1. The molecule has 0 aliphatic rings. The van der Waals surface area contributed by atoms with Crippen LogP contribution in [0.5, 0.6) is 0 Å². The highest BCUT2D eigenvalue weighted by molar-refractivity contribution is 9.10. The lowest BCUT2D eigenvalue weighted by atomic mass is 10.2. The minimum Gasteiger partial charge on any atom is -0.366 e. The predicted molar refractivity (Wildman–Crippen MR) is 60.7 cm³/mol. The fourth-order valence-electron chi connectivity index (χ4n) is 0.905. The zero-order chi connectivity index (χ0) is 11.8. The van der Waals surface area contributed by atoms with Crippen LogP contribution >= 0.6 is 38.2 Å². The van der Waals surface area contributed by atoms with Crippen LogP contribution in [-0.2, 0) is 9.05 Å². The lowest BCUT2D eigenvalue weighted by molar-refractivity contribution is 0.1000. The predicted octanol–water partition coefficient (Wildman–Crippen LogP) is 2.13. The smallest absolute Gasteiger partial charge is 0.262 e. The van der Waals surface area contributed by atoms with Crippen LogP contribution in [0.3, 0.4) is 0 Å². The molecular formula is C7H4BrCl2NO3S. The zero-order valence-electron chi connectivity index (χ0n) is 7.00. The molecule has 4 nitrogen and oxygen atoms in total. The third-order valence-corrected chi connectivity index (χ3v) is 4.14. The van der Waals surface area contributed by atoms with Gasteiger partial charge in [-0.15, -0.1) is 0 Å². The molecule has 0 saturated carbocycles. The molecule has 0 unspecified atom stereocenters. The molecular weight excluding hydrogens is 329 g/mol. The lowest BCUT2D eigenvalue weighted by Crippen LogP contribution is -2.12. The van der Waals surface area contributed by atoms with Gasteiger partial charge in [-0.2, -0.15) is 0 Å². The van der Waals surface area contributed by atoms with Gasteiger partial charge in [0.2, 0.25) is 5.91 Å². The van der Waals surface area contributed by atoms with E-state index in [0.29, 0.717) is 0 Å². The first-order valence-electron chi connectivity index (χ1n) is 3.47. The van der Waals surface area contributed by atoms with Crippen LogP contribution < -0.4 is 5.73 Å². The van der Waals surface area contributed by atoms with Crippen LogP contribution in [0.4, 0.5) is 0 Å². The van der Waals surface area contributed by atoms with E-state index in [0.717, 1.165) is 6.07 Å². The Morgan fingerprint density at radius 2 is 1.93 bits per heavy atom. The van der Waals surface area contributed by atoms with Gasteiger partial charge >= 0.3 is 0 Å². The maximum atomic E-state index is 11.1.